The van der Waals surface area contributed by atoms with Gasteiger partial charge in [-0.2, -0.15) is 0 Å². The maximum absolute atomic E-state index is 13.4. The number of likely N-dealkylation sites (tertiary alicyclic amines) is 1. The average Bonchev–Trinajstić information content (AvgIpc) is 2.78. The van der Waals surface area contributed by atoms with Crippen molar-refractivity contribution in [2.45, 2.75) is 12.8 Å². The van der Waals surface area contributed by atoms with E-state index in [0.717, 1.165) is 5.56 Å². The number of amides is 1. The fourth-order valence-electron chi connectivity index (χ4n) is 2.01. The molecule has 1 fully saturated rings. The van der Waals surface area contributed by atoms with E-state index in [1.165, 1.54) is 4.90 Å². The van der Waals surface area contributed by atoms with Crippen molar-refractivity contribution in [2.24, 2.45) is 11.7 Å². The van der Waals surface area contributed by atoms with Gasteiger partial charge < -0.3 is 15.4 Å². The molecule has 1 amide bonds. The summed E-state index contributed by atoms with van der Waals surface area (Å²) in [5.41, 5.74) is 6.35. The zero-order valence-electron chi connectivity index (χ0n) is 10.1. The lowest BCUT2D eigenvalue weighted by molar-refractivity contribution is 0.102. The van der Waals surface area contributed by atoms with Crippen LogP contribution >= 0.6 is 0 Å². The third kappa shape index (κ3) is 2.98. The minimum atomic E-state index is -1.04. The third-order valence-corrected chi connectivity index (χ3v) is 3.13. The molecule has 1 aromatic carbocycles. The quantitative estimate of drug-likeness (QED) is 0.888. The van der Waals surface area contributed by atoms with Gasteiger partial charge in [0.25, 0.3) is 0 Å². The van der Waals surface area contributed by atoms with Crippen LogP contribution in [0, 0.1) is 5.92 Å². The van der Waals surface area contributed by atoms with Crippen LogP contribution in [0.1, 0.15) is 5.56 Å². The summed E-state index contributed by atoms with van der Waals surface area (Å²) in [6.07, 6.45) is -1.52. The molecule has 2 rings (SSSR count). The Balaban J connectivity index is 1.82. The lowest BCUT2D eigenvalue weighted by atomic mass is 10.1. The van der Waals surface area contributed by atoms with Gasteiger partial charge in [0.2, 0.25) is 0 Å². The molecule has 0 radical (unpaired) electrons. The number of nitrogens with zero attached hydrogens (tertiary/aromatic N) is 1. The molecular weight excluding hydrogens is 235 g/mol. The standard InChI is InChI=1S/C13H17FN2O2/c14-12-8-16(7-11(12)6-15)13(17)18-9-10-4-2-1-3-5-10/h1-5,11-12H,6-9,15H2/t11-,12+/m1/s1. The van der Waals surface area contributed by atoms with Crippen molar-refractivity contribution in [1.29, 1.82) is 0 Å². The lowest BCUT2D eigenvalue weighted by Crippen LogP contribution is -2.30. The first-order valence-electron chi connectivity index (χ1n) is 6.00. The van der Waals surface area contributed by atoms with Crippen LogP contribution in [0.5, 0.6) is 0 Å². The molecule has 0 bridgehead atoms. The summed E-state index contributed by atoms with van der Waals surface area (Å²) < 4.78 is 18.6. The number of hydrogen-bond donors (Lipinski definition) is 1. The highest BCUT2D eigenvalue weighted by Crippen LogP contribution is 2.20. The molecule has 18 heavy (non-hydrogen) atoms. The second kappa shape index (κ2) is 5.82. The van der Waals surface area contributed by atoms with Crippen molar-refractivity contribution in [3.8, 4) is 0 Å². The summed E-state index contributed by atoms with van der Waals surface area (Å²) in [6.45, 7) is 0.880. The number of hydrogen-bond acceptors (Lipinski definition) is 3. The summed E-state index contributed by atoms with van der Waals surface area (Å²) in [7, 11) is 0. The Labute approximate surface area is 106 Å². The molecule has 2 N–H and O–H groups in total. The van der Waals surface area contributed by atoms with Crippen LogP contribution in [0.15, 0.2) is 30.3 Å². The topological polar surface area (TPSA) is 55.6 Å². The van der Waals surface area contributed by atoms with Crippen molar-refractivity contribution >= 4 is 6.09 Å². The highest BCUT2D eigenvalue weighted by Gasteiger charge is 2.35. The molecule has 98 valence electrons. The molecule has 1 aromatic rings. The average molecular weight is 252 g/mol. The van der Waals surface area contributed by atoms with Crippen LogP contribution in [0.4, 0.5) is 9.18 Å². The van der Waals surface area contributed by atoms with E-state index < -0.39 is 12.3 Å². The van der Waals surface area contributed by atoms with Crippen LogP contribution in [0.3, 0.4) is 0 Å². The monoisotopic (exact) mass is 252 g/mol. The second-order valence-electron chi connectivity index (χ2n) is 4.46. The molecule has 1 heterocycles. The van der Waals surface area contributed by atoms with Gasteiger partial charge in [0.1, 0.15) is 12.8 Å². The molecule has 2 atom stereocenters. The van der Waals surface area contributed by atoms with Gasteiger partial charge in [0.05, 0.1) is 6.54 Å². The molecule has 4 nitrogen and oxygen atoms in total. The molecule has 0 saturated carbocycles. The van der Waals surface area contributed by atoms with Crippen molar-refractivity contribution in [1.82, 2.24) is 4.90 Å². The Kier molecular flexibility index (Phi) is 4.15. The van der Waals surface area contributed by atoms with E-state index in [-0.39, 0.29) is 25.6 Å². The first-order chi connectivity index (χ1) is 8.70. The van der Waals surface area contributed by atoms with Crippen LogP contribution in [-0.2, 0) is 11.3 Å². The Morgan fingerprint density at radius 1 is 1.39 bits per heavy atom. The van der Waals surface area contributed by atoms with Gasteiger partial charge in [-0.25, -0.2) is 9.18 Å². The Hall–Kier alpha value is -1.62. The Bertz CT molecular complexity index is 399. The van der Waals surface area contributed by atoms with Gasteiger partial charge in [-0.15, -0.1) is 0 Å². The normalized spacial score (nSPS) is 23.1. The Morgan fingerprint density at radius 2 is 2.11 bits per heavy atom. The van der Waals surface area contributed by atoms with Crippen molar-refractivity contribution in [3.63, 3.8) is 0 Å². The van der Waals surface area contributed by atoms with Crippen molar-refractivity contribution in [3.05, 3.63) is 35.9 Å². The molecule has 1 saturated heterocycles. The van der Waals surface area contributed by atoms with Gasteiger partial charge in [0.15, 0.2) is 0 Å². The van der Waals surface area contributed by atoms with Gasteiger partial charge in [-0.05, 0) is 12.1 Å². The van der Waals surface area contributed by atoms with Crippen LogP contribution < -0.4 is 5.73 Å². The number of alkyl halides is 1. The van der Waals surface area contributed by atoms with Gasteiger partial charge in [0, 0.05) is 12.5 Å². The Morgan fingerprint density at radius 3 is 2.72 bits per heavy atom. The number of rotatable bonds is 3. The van der Waals surface area contributed by atoms with E-state index in [1.807, 2.05) is 30.3 Å². The van der Waals surface area contributed by atoms with Crippen molar-refractivity contribution in [2.75, 3.05) is 19.6 Å². The minimum Gasteiger partial charge on any atom is -0.445 e. The molecule has 0 spiro atoms. The number of nitrogens with two attached hydrogens (primary N) is 1. The number of ether oxygens (including phenoxy) is 1. The number of carbonyl (C=O) groups excluding carboxylic acids is 1. The SMILES string of the molecule is NC[C@@H]1CN(C(=O)OCc2ccccc2)C[C@@H]1F. The van der Waals surface area contributed by atoms with E-state index in [2.05, 4.69) is 0 Å². The van der Waals surface area contributed by atoms with E-state index >= 15 is 0 Å². The first kappa shape index (κ1) is 12.8. The largest absolute Gasteiger partial charge is 0.445 e. The molecule has 0 unspecified atom stereocenters. The van der Waals surface area contributed by atoms with E-state index in [9.17, 15) is 9.18 Å². The van der Waals surface area contributed by atoms with Crippen molar-refractivity contribution < 1.29 is 13.9 Å². The zero-order chi connectivity index (χ0) is 13.0. The summed E-state index contributed by atoms with van der Waals surface area (Å²) in [4.78, 5) is 13.1. The molecule has 5 heteroatoms. The lowest BCUT2D eigenvalue weighted by Gasteiger charge is -2.15. The number of halogens is 1. The number of benzene rings is 1. The molecule has 1 aliphatic heterocycles. The van der Waals surface area contributed by atoms with Gasteiger partial charge in [-0.3, -0.25) is 0 Å². The van der Waals surface area contributed by atoms with E-state index in [1.54, 1.807) is 0 Å². The van der Waals surface area contributed by atoms with Crippen LogP contribution in [0.25, 0.3) is 0 Å². The van der Waals surface area contributed by atoms with Gasteiger partial charge >= 0.3 is 6.09 Å². The zero-order valence-corrected chi connectivity index (χ0v) is 10.1. The highest BCUT2D eigenvalue weighted by molar-refractivity contribution is 5.68. The fraction of sp³-hybridized carbons (Fsp3) is 0.462. The molecular formula is C13H17FN2O2. The molecule has 1 aliphatic rings. The minimum absolute atomic E-state index is 0.0789. The molecule has 0 aromatic heterocycles. The highest BCUT2D eigenvalue weighted by atomic mass is 19.1. The summed E-state index contributed by atoms with van der Waals surface area (Å²) in [5, 5.41) is 0. The third-order valence-electron chi connectivity index (χ3n) is 3.13. The van der Waals surface area contributed by atoms with E-state index in [4.69, 9.17) is 10.5 Å². The second-order valence-corrected chi connectivity index (χ2v) is 4.46. The van der Waals surface area contributed by atoms with Crippen LogP contribution in [-0.4, -0.2) is 36.8 Å². The predicted octanol–water partition coefficient (Wildman–Crippen LogP) is 1.55. The fourth-order valence-corrected chi connectivity index (χ4v) is 2.01. The first-order valence-corrected chi connectivity index (χ1v) is 6.00. The van der Waals surface area contributed by atoms with Gasteiger partial charge in [-0.1, -0.05) is 30.3 Å². The summed E-state index contributed by atoms with van der Waals surface area (Å²) in [5.74, 6) is -0.269. The maximum atomic E-state index is 13.4. The van der Waals surface area contributed by atoms with Crippen LogP contribution in [0.2, 0.25) is 0 Å². The molecule has 0 aliphatic carbocycles. The smallest absolute Gasteiger partial charge is 0.410 e. The van der Waals surface area contributed by atoms with E-state index in [0.29, 0.717) is 6.54 Å². The predicted molar refractivity (Wildman–Crippen MR) is 65.6 cm³/mol. The summed E-state index contributed by atoms with van der Waals surface area (Å²) >= 11 is 0. The summed E-state index contributed by atoms with van der Waals surface area (Å²) in [6, 6.07) is 9.39. The number of carbonyl (C=O) groups is 1. The maximum Gasteiger partial charge on any atom is 0.410 e.